The molecule has 2 unspecified atom stereocenters. The fourth-order valence-electron chi connectivity index (χ4n) is 1.17. The number of aliphatic hydroxyl groups is 2. The molecule has 1 aromatic rings. The fourth-order valence-corrected chi connectivity index (χ4v) is 1.29. The van der Waals surface area contributed by atoms with Crippen molar-refractivity contribution in [2.45, 2.75) is 18.6 Å². The second-order valence-corrected chi connectivity index (χ2v) is 3.56. The monoisotopic (exact) mass is 226 g/mol. The average Bonchev–Trinajstić information content (AvgIpc) is 2.21. The van der Waals surface area contributed by atoms with Crippen LogP contribution in [0.15, 0.2) is 18.2 Å². The molecule has 0 radical (unpaired) electrons. The maximum atomic E-state index is 9.64. The van der Waals surface area contributed by atoms with Gasteiger partial charge in [-0.15, -0.1) is 0 Å². The number of anilines is 1. The molecule has 0 amide bonds. The van der Waals surface area contributed by atoms with Gasteiger partial charge in [-0.25, -0.2) is 0 Å². The Kier molecular flexibility index (Phi) is 3.92. The summed E-state index contributed by atoms with van der Waals surface area (Å²) >= 11 is 5.70. The molecule has 0 spiro atoms. The predicted octanol–water partition coefficient (Wildman–Crippen LogP) is 1.23. The second kappa shape index (κ2) is 4.99. The molecule has 0 heterocycles. The van der Waals surface area contributed by atoms with Crippen molar-refractivity contribution in [1.29, 1.82) is 5.26 Å². The maximum Gasteiger partial charge on any atom is 0.106 e. The molecule has 15 heavy (non-hydrogen) atoms. The van der Waals surface area contributed by atoms with Gasteiger partial charge in [0.05, 0.1) is 29.3 Å². The molecule has 0 aliphatic rings. The van der Waals surface area contributed by atoms with Gasteiger partial charge < -0.3 is 15.9 Å². The smallest absolute Gasteiger partial charge is 0.106 e. The first-order valence-corrected chi connectivity index (χ1v) is 4.72. The lowest BCUT2D eigenvalue weighted by Crippen LogP contribution is -2.17. The number of hydrogen-bond donors (Lipinski definition) is 3. The summed E-state index contributed by atoms with van der Waals surface area (Å²) in [5, 5.41) is 27.8. The summed E-state index contributed by atoms with van der Waals surface area (Å²) in [5.41, 5.74) is 6.32. The minimum atomic E-state index is -1.12. The van der Waals surface area contributed by atoms with Gasteiger partial charge in [-0.3, -0.25) is 0 Å². The Balaban J connectivity index is 2.87. The Morgan fingerprint density at radius 2 is 2.13 bits per heavy atom. The van der Waals surface area contributed by atoms with Crippen LogP contribution in [0, 0.1) is 11.3 Å². The SMILES string of the molecule is N#CCC(O)C(O)c1ccc(Cl)c(N)c1. The van der Waals surface area contributed by atoms with Crippen LogP contribution in [0.5, 0.6) is 0 Å². The molecule has 0 aromatic heterocycles. The first kappa shape index (κ1) is 11.8. The van der Waals surface area contributed by atoms with Gasteiger partial charge in [0, 0.05) is 0 Å². The van der Waals surface area contributed by atoms with Crippen molar-refractivity contribution in [2.75, 3.05) is 5.73 Å². The summed E-state index contributed by atoms with van der Waals surface area (Å²) in [4.78, 5) is 0. The van der Waals surface area contributed by atoms with E-state index in [1.807, 2.05) is 0 Å². The van der Waals surface area contributed by atoms with Crippen LogP contribution in [-0.2, 0) is 0 Å². The molecule has 80 valence electrons. The lowest BCUT2D eigenvalue weighted by molar-refractivity contribution is 0.0217. The minimum Gasteiger partial charge on any atom is -0.398 e. The predicted molar refractivity (Wildman–Crippen MR) is 57.1 cm³/mol. The highest BCUT2D eigenvalue weighted by Crippen LogP contribution is 2.25. The van der Waals surface area contributed by atoms with E-state index in [1.165, 1.54) is 12.1 Å². The zero-order chi connectivity index (χ0) is 11.4. The third-order valence-corrected chi connectivity index (χ3v) is 2.37. The Labute approximate surface area is 92.5 Å². The highest BCUT2D eigenvalue weighted by Gasteiger charge is 2.18. The molecule has 5 heteroatoms. The van der Waals surface area contributed by atoms with E-state index < -0.39 is 12.2 Å². The van der Waals surface area contributed by atoms with Gasteiger partial charge in [0.1, 0.15) is 6.10 Å². The Hall–Kier alpha value is -1.28. The molecule has 0 saturated heterocycles. The second-order valence-electron chi connectivity index (χ2n) is 3.16. The third-order valence-electron chi connectivity index (χ3n) is 2.03. The van der Waals surface area contributed by atoms with Gasteiger partial charge in [0.2, 0.25) is 0 Å². The first-order chi connectivity index (χ1) is 7.06. The van der Waals surface area contributed by atoms with E-state index in [0.29, 0.717) is 16.3 Å². The topological polar surface area (TPSA) is 90.3 Å². The fraction of sp³-hybridized carbons (Fsp3) is 0.300. The Bertz CT molecular complexity index is 389. The summed E-state index contributed by atoms with van der Waals surface area (Å²) < 4.78 is 0. The van der Waals surface area contributed by atoms with Gasteiger partial charge >= 0.3 is 0 Å². The standard InChI is InChI=1S/C10H11ClN2O2/c11-7-2-1-6(5-8(7)13)10(15)9(14)3-4-12/h1-2,5,9-10,14-15H,3,13H2. The number of hydrogen-bond acceptors (Lipinski definition) is 4. The van der Waals surface area contributed by atoms with Crippen molar-refractivity contribution < 1.29 is 10.2 Å². The number of nitrogen functional groups attached to an aromatic ring is 1. The molecule has 0 bridgehead atoms. The van der Waals surface area contributed by atoms with Gasteiger partial charge in [-0.2, -0.15) is 5.26 Å². The molecule has 2 atom stereocenters. The number of nitrogens with zero attached hydrogens (tertiary/aromatic N) is 1. The highest BCUT2D eigenvalue weighted by molar-refractivity contribution is 6.33. The molecule has 1 aromatic carbocycles. The van der Waals surface area contributed by atoms with Gasteiger partial charge in [0.25, 0.3) is 0 Å². The van der Waals surface area contributed by atoms with Crippen molar-refractivity contribution >= 4 is 17.3 Å². The van der Waals surface area contributed by atoms with Crippen molar-refractivity contribution in [3.8, 4) is 6.07 Å². The van der Waals surface area contributed by atoms with Crippen molar-refractivity contribution in [3.63, 3.8) is 0 Å². The number of benzene rings is 1. The third kappa shape index (κ3) is 2.83. The van der Waals surface area contributed by atoms with E-state index in [2.05, 4.69) is 0 Å². The number of rotatable bonds is 3. The van der Waals surface area contributed by atoms with Crippen LogP contribution < -0.4 is 5.73 Å². The zero-order valence-corrected chi connectivity index (χ0v) is 8.65. The minimum absolute atomic E-state index is 0.135. The van der Waals surface area contributed by atoms with Crippen LogP contribution in [0.2, 0.25) is 5.02 Å². The van der Waals surface area contributed by atoms with Crippen molar-refractivity contribution in [3.05, 3.63) is 28.8 Å². The van der Waals surface area contributed by atoms with Crippen molar-refractivity contribution in [2.24, 2.45) is 0 Å². The van der Waals surface area contributed by atoms with Gasteiger partial charge in [0.15, 0.2) is 0 Å². The highest BCUT2D eigenvalue weighted by atomic mass is 35.5. The molecule has 0 fully saturated rings. The molecule has 0 saturated carbocycles. The molecule has 0 aliphatic carbocycles. The van der Waals surface area contributed by atoms with Crippen LogP contribution in [-0.4, -0.2) is 16.3 Å². The zero-order valence-electron chi connectivity index (χ0n) is 7.89. The number of halogens is 1. The maximum absolute atomic E-state index is 9.64. The number of nitrogens with two attached hydrogens (primary N) is 1. The largest absolute Gasteiger partial charge is 0.398 e. The Morgan fingerprint density at radius 1 is 1.47 bits per heavy atom. The quantitative estimate of drug-likeness (QED) is 0.676. The van der Waals surface area contributed by atoms with Gasteiger partial charge in [-0.1, -0.05) is 17.7 Å². The van der Waals surface area contributed by atoms with E-state index in [0.717, 1.165) is 0 Å². The van der Waals surface area contributed by atoms with E-state index in [1.54, 1.807) is 12.1 Å². The molecule has 4 N–H and O–H groups in total. The lowest BCUT2D eigenvalue weighted by Gasteiger charge is -2.16. The summed E-state index contributed by atoms with van der Waals surface area (Å²) in [6, 6.07) is 6.35. The summed E-state index contributed by atoms with van der Waals surface area (Å²) in [6.45, 7) is 0. The van der Waals surface area contributed by atoms with Gasteiger partial charge in [-0.05, 0) is 17.7 Å². The van der Waals surface area contributed by atoms with E-state index in [9.17, 15) is 10.2 Å². The van der Waals surface area contributed by atoms with Crippen LogP contribution in [0.25, 0.3) is 0 Å². The molecule has 0 aliphatic heterocycles. The number of aliphatic hydroxyl groups excluding tert-OH is 2. The average molecular weight is 227 g/mol. The summed E-state index contributed by atoms with van der Waals surface area (Å²) in [6.07, 6.45) is -2.37. The summed E-state index contributed by atoms with van der Waals surface area (Å²) in [7, 11) is 0. The van der Waals surface area contributed by atoms with E-state index in [4.69, 9.17) is 22.6 Å². The number of nitriles is 1. The van der Waals surface area contributed by atoms with Crippen molar-refractivity contribution in [1.82, 2.24) is 0 Å². The Morgan fingerprint density at radius 3 is 2.67 bits per heavy atom. The molecule has 4 nitrogen and oxygen atoms in total. The van der Waals surface area contributed by atoms with Crippen LogP contribution in [0.1, 0.15) is 18.1 Å². The molecular weight excluding hydrogens is 216 g/mol. The van der Waals surface area contributed by atoms with E-state index >= 15 is 0 Å². The molecule has 1 rings (SSSR count). The lowest BCUT2D eigenvalue weighted by atomic mass is 10.0. The van der Waals surface area contributed by atoms with Crippen LogP contribution >= 0.6 is 11.6 Å². The van der Waals surface area contributed by atoms with E-state index in [-0.39, 0.29) is 6.42 Å². The first-order valence-electron chi connectivity index (χ1n) is 4.34. The summed E-state index contributed by atoms with van der Waals surface area (Å²) in [5.74, 6) is 0. The normalized spacial score (nSPS) is 14.3. The van der Waals surface area contributed by atoms with Crippen LogP contribution in [0.4, 0.5) is 5.69 Å². The molecular formula is C10H11ClN2O2. The van der Waals surface area contributed by atoms with Crippen LogP contribution in [0.3, 0.4) is 0 Å².